The number of anilines is 1. The van der Waals surface area contributed by atoms with Crippen LogP contribution in [0.15, 0.2) is 53.5 Å². The molecule has 1 aliphatic rings. The number of ether oxygens (including phenoxy) is 3. The summed E-state index contributed by atoms with van der Waals surface area (Å²) in [5.74, 6) is -0.741. The molecule has 0 spiro atoms. The molecular formula is C33H42N4O7. The molecule has 0 bridgehead atoms. The summed E-state index contributed by atoms with van der Waals surface area (Å²) in [6.07, 6.45) is 2.37. The van der Waals surface area contributed by atoms with Crippen molar-refractivity contribution in [1.29, 1.82) is 0 Å². The van der Waals surface area contributed by atoms with Crippen LogP contribution in [0.2, 0.25) is 0 Å². The highest BCUT2D eigenvalue weighted by Crippen LogP contribution is 2.24. The second-order valence-corrected chi connectivity index (χ2v) is 12.0. The minimum Gasteiger partial charge on any atom is -0.463 e. The summed E-state index contributed by atoms with van der Waals surface area (Å²) < 4.78 is 16.0. The minimum absolute atomic E-state index is 0.0470. The number of rotatable bonds is 7. The number of hydrogen-bond acceptors (Lipinski definition) is 8. The van der Waals surface area contributed by atoms with Gasteiger partial charge in [-0.2, -0.15) is 0 Å². The van der Waals surface area contributed by atoms with E-state index in [1.165, 1.54) is 15.9 Å². The van der Waals surface area contributed by atoms with Crippen molar-refractivity contribution in [3.8, 4) is 0 Å². The largest absolute Gasteiger partial charge is 0.463 e. The Labute approximate surface area is 258 Å². The van der Waals surface area contributed by atoms with E-state index < -0.39 is 29.4 Å². The second-order valence-electron chi connectivity index (χ2n) is 12.0. The summed E-state index contributed by atoms with van der Waals surface area (Å²) in [5, 5.41) is 2.94. The zero-order valence-electron chi connectivity index (χ0n) is 26.7. The molecule has 1 saturated heterocycles. The van der Waals surface area contributed by atoms with Crippen molar-refractivity contribution in [2.45, 2.75) is 73.0 Å². The zero-order valence-corrected chi connectivity index (χ0v) is 26.7. The van der Waals surface area contributed by atoms with E-state index in [4.69, 9.17) is 14.2 Å². The third kappa shape index (κ3) is 9.68. The third-order valence-electron chi connectivity index (χ3n) is 6.05. The maximum Gasteiger partial charge on any atom is 0.417 e. The van der Waals surface area contributed by atoms with Gasteiger partial charge in [0, 0.05) is 17.3 Å². The summed E-state index contributed by atoms with van der Waals surface area (Å²) in [4.78, 5) is 58.2. The molecule has 236 valence electrons. The summed E-state index contributed by atoms with van der Waals surface area (Å²) in [7, 11) is 0. The molecule has 1 fully saturated rings. The molecule has 0 aromatic heterocycles. The van der Waals surface area contributed by atoms with Gasteiger partial charge in [0.2, 0.25) is 5.96 Å². The molecule has 44 heavy (non-hydrogen) atoms. The van der Waals surface area contributed by atoms with Crippen LogP contribution >= 0.6 is 0 Å². The number of amides is 3. The third-order valence-corrected chi connectivity index (χ3v) is 6.05. The molecule has 0 radical (unpaired) electrons. The summed E-state index contributed by atoms with van der Waals surface area (Å²) >= 11 is 0. The molecule has 0 unspecified atom stereocenters. The monoisotopic (exact) mass is 606 g/mol. The van der Waals surface area contributed by atoms with E-state index in [0.717, 1.165) is 11.1 Å². The average molecular weight is 607 g/mol. The van der Waals surface area contributed by atoms with E-state index in [1.54, 1.807) is 90.9 Å². The Morgan fingerprint density at radius 2 is 1.50 bits per heavy atom. The van der Waals surface area contributed by atoms with Gasteiger partial charge in [-0.3, -0.25) is 4.79 Å². The van der Waals surface area contributed by atoms with Gasteiger partial charge in [0.15, 0.2) is 0 Å². The summed E-state index contributed by atoms with van der Waals surface area (Å²) in [6.45, 7) is 14.9. The lowest BCUT2D eigenvalue weighted by molar-refractivity contribution is -0.137. The van der Waals surface area contributed by atoms with Crippen LogP contribution in [0.5, 0.6) is 0 Å². The lowest BCUT2D eigenvalue weighted by Crippen LogP contribution is -2.44. The minimum atomic E-state index is -0.758. The van der Waals surface area contributed by atoms with Gasteiger partial charge in [-0.15, -0.1) is 0 Å². The summed E-state index contributed by atoms with van der Waals surface area (Å²) in [5.41, 5.74) is 1.47. The number of carbonyl (C=O) groups excluding carboxylic acids is 4. The number of nitrogens with zero attached hydrogens (tertiary/aromatic N) is 3. The van der Waals surface area contributed by atoms with Crippen LogP contribution < -0.4 is 5.32 Å². The smallest absolute Gasteiger partial charge is 0.417 e. The Balaban J connectivity index is 1.88. The fourth-order valence-corrected chi connectivity index (χ4v) is 4.16. The van der Waals surface area contributed by atoms with E-state index in [0.29, 0.717) is 30.0 Å². The van der Waals surface area contributed by atoms with Crippen molar-refractivity contribution in [2.24, 2.45) is 4.99 Å². The first-order valence-corrected chi connectivity index (χ1v) is 14.6. The summed E-state index contributed by atoms with van der Waals surface area (Å²) in [6, 6.07) is 12.0. The first-order chi connectivity index (χ1) is 20.6. The maximum absolute atomic E-state index is 13.3. The number of aliphatic imine (C=N–C) groups is 1. The Bertz CT molecular complexity index is 1410. The van der Waals surface area contributed by atoms with Gasteiger partial charge in [-0.25, -0.2) is 29.2 Å². The molecule has 2 aromatic rings. The average Bonchev–Trinajstić information content (AvgIpc) is 3.34. The predicted molar refractivity (Wildman–Crippen MR) is 169 cm³/mol. The van der Waals surface area contributed by atoms with Crippen LogP contribution in [0.4, 0.5) is 21.0 Å². The van der Waals surface area contributed by atoms with Gasteiger partial charge in [-0.05, 0) is 102 Å². The van der Waals surface area contributed by atoms with Crippen LogP contribution in [0.25, 0.3) is 6.08 Å². The number of esters is 1. The number of nitrogens with one attached hydrogen (secondary N) is 1. The number of carbonyl (C=O) groups is 4. The molecular weight excluding hydrogens is 564 g/mol. The van der Waals surface area contributed by atoms with Gasteiger partial charge in [-0.1, -0.05) is 19.1 Å². The first-order valence-electron chi connectivity index (χ1n) is 14.6. The second kappa shape index (κ2) is 14.2. The zero-order chi connectivity index (χ0) is 32.7. The van der Waals surface area contributed by atoms with Crippen molar-refractivity contribution in [2.75, 3.05) is 25.0 Å². The normalized spacial score (nSPS) is 13.6. The lowest BCUT2D eigenvalue weighted by atomic mass is 10.1. The van der Waals surface area contributed by atoms with E-state index >= 15 is 0 Å². The van der Waals surface area contributed by atoms with E-state index in [1.807, 2.05) is 13.0 Å². The van der Waals surface area contributed by atoms with Gasteiger partial charge >= 0.3 is 18.2 Å². The predicted octanol–water partition coefficient (Wildman–Crippen LogP) is 6.55. The Morgan fingerprint density at radius 1 is 0.886 bits per heavy atom. The lowest BCUT2D eigenvalue weighted by Gasteiger charge is -2.27. The molecule has 11 nitrogen and oxygen atoms in total. The van der Waals surface area contributed by atoms with E-state index in [-0.39, 0.29) is 25.0 Å². The molecule has 1 heterocycles. The Hall–Kier alpha value is -4.67. The van der Waals surface area contributed by atoms with Gasteiger partial charge in [0.25, 0.3) is 5.91 Å². The highest BCUT2D eigenvalue weighted by molar-refractivity contribution is 6.06. The molecule has 0 saturated carbocycles. The molecule has 11 heteroatoms. The standard InChI is InChI=1S/C33H42N4O7/c1-9-23-20-22(15-17-27(38)42-10-2)14-16-26(23)35-28(39)24-12-11-13-25(21-24)34-29-36(30(40)43-32(3,4)5)18-19-37(29)31(41)44-33(6,7)8/h11-17,20-21H,9-10,18-19H2,1-8H3,(H,35,39)/b17-15+. The fourth-order valence-electron chi connectivity index (χ4n) is 4.16. The van der Waals surface area contributed by atoms with E-state index in [9.17, 15) is 19.2 Å². The molecule has 3 rings (SSSR count). The highest BCUT2D eigenvalue weighted by Gasteiger charge is 2.39. The SMILES string of the molecule is CCOC(=O)/C=C/c1ccc(NC(=O)c2cccc(N=C3N(C(=O)OC(C)(C)C)CCN3C(=O)OC(C)(C)C)c2)c(CC)c1. The van der Waals surface area contributed by atoms with E-state index in [2.05, 4.69) is 10.3 Å². The molecule has 2 aromatic carbocycles. The van der Waals surface area contributed by atoms with Crippen molar-refractivity contribution < 1.29 is 33.4 Å². The topological polar surface area (TPSA) is 127 Å². The number of hydrogen-bond donors (Lipinski definition) is 1. The Kier molecular flexibility index (Phi) is 10.9. The van der Waals surface area contributed by atoms with Gasteiger partial charge in [0.05, 0.1) is 25.4 Å². The molecule has 0 atom stereocenters. The van der Waals surface area contributed by atoms with Crippen molar-refractivity contribution >= 4 is 47.5 Å². The van der Waals surface area contributed by atoms with Crippen LogP contribution in [-0.4, -0.2) is 70.7 Å². The highest BCUT2D eigenvalue weighted by atomic mass is 16.6. The maximum atomic E-state index is 13.3. The van der Waals surface area contributed by atoms with Crippen molar-refractivity contribution in [3.63, 3.8) is 0 Å². The molecule has 3 amide bonds. The first kappa shape index (κ1) is 33.8. The quantitative estimate of drug-likeness (QED) is 0.215. The Morgan fingerprint density at radius 3 is 2.05 bits per heavy atom. The van der Waals surface area contributed by atoms with Crippen molar-refractivity contribution in [1.82, 2.24) is 9.80 Å². The van der Waals surface area contributed by atoms with Crippen LogP contribution in [0.3, 0.4) is 0 Å². The number of benzene rings is 2. The van der Waals surface area contributed by atoms with Gasteiger partial charge < -0.3 is 19.5 Å². The van der Waals surface area contributed by atoms with Crippen LogP contribution in [-0.2, 0) is 25.4 Å². The number of aryl methyl sites for hydroxylation is 1. The fraction of sp³-hybridized carbons (Fsp3) is 0.424. The van der Waals surface area contributed by atoms with Gasteiger partial charge in [0.1, 0.15) is 11.2 Å². The van der Waals surface area contributed by atoms with Crippen molar-refractivity contribution in [3.05, 3.63) is 65.2 Å². The molecule has 0 aliphatic carbocycles. The number of guanidine groups is 1. The van der Waals surface area contributed by atoms with Crippen LogP contribution in [0.1, 0.15) is 76.9 Å². The molecule has 1 aliphatic heterocycles. The molecule has 1 N–H and O–H groups in total. The van der Waals surface area contributed by atoms with Crippen LogP contribution in [0, 0.1) is 0 Å².